The summed E-state index contributed by atoms with van der Waals surface area (Å²) in [5.74, 6) is 0. The van der Waals surface area contributed by atoms with Crippen molar-refractivity contribution in [2.45, 2.75) is 0 Å². The zero-order valence-corrected chi connectivity index (χ0v) is 6.44. The van der Waals surface area contributed by atoms with Gasteiger partial charge in [0.25, 0.3) is 0 Å². The van der Waals surface area contributed by atoms with Crippen LogP contribution in [0.2, 0.25) is 0 Å². The summed E-state index contributed by atoms with van der Waals surface area (Å²) in [6.07, 6.45) is 0. The summed E-state index contributed by atoms with van der Waals surface area (Å²) in [7, 11) is 0. The Morgan fingerprint density at radius 2 is 0.778 bits per heavy atom. The van der Waals surface area contributed by atoms with Gasteiger partial charge in [-0.1, -0.05) is 0 Å². The van der Waals surface area contributed by atoms with Crippen LogP contribution >= 0.6 is 0 Å². The van der Waals surface area contributed by atoms with Gasteiger partial charge in [0.2, 0.25) is 0 Å². The van der Waals surface area contributed by atoms with E-state index in [1.54, 1.807) is 0 Å². The summed E-state index contributed by atoms with van der Waals surface area (Å²) in [6.45, 7) is 0. The molecule has 0 bridgehead atoms. The average Bonchev–Trinajstić information content (AvgIpc) is 1.25. The molecule has 0 fully saturated rings. The molecule has 0 aromatic heterocycles. The third-order valence-electron chi connectivity index (χ3n) is 0. The van der Waals surface area contributed by atoms with E-state index in [2.05, 4.69) is 0 Å². The molecule has 9 heteroatoms. The minimum Gasteiger partial charge on any atom is -0.356 e. The Balaban J connectivity index is -0.0000000720. The normalized spacial score (nSPS) is 5.33. The molecule has 0 N–H and O–H groups in total. The van der Waals surface area contributed by atoms with Gasteiger partial charge >= 0.3 is 0 Å². The van der Waals surface area contributed by atoms with Gasteiger partial charge in [0.15, 0.2) is 0 Å². The molecule has 0 heterocycles. The molecule has 55 valence electrons. The summed E-state index contributed by atoms with van der Waals surface area (Å²) in [5, 5.41) is 29.5. The van der Waals surface area contributed by atoms with Crippen molar-refractivity contribution >= 4 is 0 Å². The first-order valence-electron chi connectivity index (χ1n) is 1.10. The maximum atomic E-state index is 8.25. The topological polar surface area (TPSA) is 132 Å². The number of rotatable bonds is 0. The molecule has 8 nitrogen and oxygen atoms in total. The van der Waals surface area contributed by atoms with E-state index in [1.807, 2.05) is 0 Å². The second kappa shape index (κ2) is 10.1. The van der Waals surface area contributed by atoms with Crippen molar-refractivity contribution in [3.05, 3.63) is 30.6 Å². The van der Waals surface area contributed by atoms with Crippen molar-refractivity contribution in [2.75, 3.05) is 0 Å². The van der Waals surface area contributed by atoms with Gasteiger partial charge in [-0.05, 0) is 0 Å². The summed E-state index contributed by atoms with van der Waals surface area (Å²) < 4.78 is 0. The summed E-state index contributed by atoms with van der Waals surface area (Å²) in [5.41, 5.74) is 0. The van der Waals surface area contributed by atoms with Crippen LogP contribution in [0.4, 0.5) is 0 Å². The first-order chi connectivity index (χ1) is 3.46. The maximum Gasteiger partial charge on any atom is 0.0689 e. The van der Waals surface area contributed by atoms with Gasteiger partial charge in [-0.25, -0.2) is 0 Å². The van der Waals surface area contributed by atoms with Gasteiger partial charge in [0, 0.05) is 20.4 Å². The van der Waals surface area contributed by atoms with E-state index in [-0.39, 0.29) is 20.4 Å². The van der Waals surface area contributed by atoms with Crippen LogP contribution in [0.5, 0.6) is 0 Å². The average molecular weight is 310 g/mol. The maximum absolute atomic E-state index is 8.25. The Hall–Kier alpha value is -0.938. The van der Waals surface area contributed by atoms with Crippen LogP contribution in [0.1, 0.15) is 0 Å². The zero-order chi connectivity index (χ0) is 7.15. The standard InChI is InChI=1S/2NO3.Re/c2*2-1(3)4;/q2*-1;. The Bertz CT molecular complexity index is 69.1. The van der Waals surface area contributed by atoms with Crippen LogP contribution in [0, 0.1) is 30.6 Å². The molecule has 0 aliphatic rings. The number of hydrogen-bond donors (Lipinski definition) is 0. The molecule has 0 amide bonds. The molecule has 0 atom stereocenters. The second-order valence-electron chi connectivity index (χ2n) is 0.447. The quantitative estimate of drug-likeness (QED) is 0.438. The van der Waals surface area contributed by atoms with Crippen molar-refractivity contribution in [1.82, 2.24) is 0 Å². The number of hydrogen-bond acceptors (Lipinski definition) is 6. The minimum atomic E-state index is -1.75. The van der Waals surface area contributed by atoms with E-state index in [4.69, 9.17) is 30.6 Å². The van der Waals surface area contributed by atoms with Crippen LogP contribution in [-0.4, -0.2) is 10.2 Å². The molecule has 0 aliphatic heterocycles. The molecule has 0 aliphatic carbocycles. The molecule has 0 unspecified atom stereocenters. The molecule has 0 rings (SSSR count). The fraction of sp³-hybridized carbons (Fsp3) is 0. The second-order valence-corrected chi connectivity index (χ2v) is 0.447. The number of nitrogens with zero attached hydrogens (tertiary/aromatic N) is 2. The van der Waals surface area contributed by atoms with Gasteiger partial charge in [0.05, 0.1) is 10.2 Å². The monoisotopic (exact) mass is 311 g/mol. The third-order valence-corrected chi connectivity index (χ3v) is 0. The van der Waals surface area contributed by atoms with E-state index in [9.17, 15) is 0 Å². The van der Waals surface area contributed by atoms with E-state index < -0.39 is 10.2 Å². The van der Waals surface area contributed by atoms with Gasteiger partial charge in [0.1, 0.15) is 0 Å². The molecule has 9 heavy (non-hydrogen) atoms. The van der Waals surface area contributed by atoms with Crippen molar-refractivity contribution in [3.8, 4) is 0 Å². The first kappa shape index (κ1) is 15.7. The van der Waals surface area contributed by atoms with E-state index in [0.29, 0.717) is 0 Å². The summed E-state index contributed by atoms with van der Waals surface area (Å²) in [4.78, 5) is 16.5. The van der Waals surface area contributed by atoms with Crippen molar-refractivity contribution in [3.63, 3.8) is 0 Å². The molecule has 0 saturated heterocycles. The van der Waals surface area contributed by atoms with Gasteiger partial charge in [-0.2, -0.15) is 0 Å². The van der Waals surface area contributed by atoms with Crippen molar-refractivity contribution < 1.29 is 30.6 Å². The fourth-order valence-electron chi connectivity index (χ4n) is 0. The molecular weight excluding hydrogens is 310 g/mol. The molecular formula is N2O6Re-2. The predicted octanol–water partition coefficient (Wildman–Crippen LogP) is -0.481. The van der Waals surface area contributed by atoms with Crippen LogP contribution < -0.4 is 0 Å². The van der Waals surface area contributed by atoms with Crippen LogP contribution in [0.15, 0.2) is 0 Å². The predicted molar refractivity (Wildman–Crippen MR) is 20.7 cm³/mol. The van der Waals surface area contributed by atoms with Gasteiger partial charge < -0.3 is 30.6 Å². The van der Waals surface area contributed by atoms with E-state index in [0.717, 1.165) is 0 Å². The van der Waals surface area contributed by atoms with E-state index in [1.165, 1.54) is 0 Å². The van der Waals surface area contributed by atoms with Gasteiger partial charge in [-0.3, -0.25) is 0 Å². The third kappa shape index (κ3) is 206. The SMILES string of the molecule is O=[N+]([O-])[O-].O=[N+]([O-])[O-].[Re]. The van der Waals surface area contributed by atoms with Crippen molar-refractivity contribution in [1.29, 1.82) is 0 Å². The largest absolute Gasteiger partial charge is 0.356 e. The molecule has 0 aromatic rings. The first-order valence-corrected chi connectivity index (χ1v) is 1.10. The molecule has 0 aromatic carbocycles. The van der Waals surface area contributed by atoms with Gasteiger partial charge in [-0.15, -0.1) is 0 Å². The Kier molecular flexibility index (Phi) is 17.7. The van der Waals surface area contributed by atoms with Crippen LogP contribution in [-0.2, 0) is 20.4 Å². The fourth-order valence-corrected chi connectivity index (χ4v) is 0. The van der Waals surface area contributed by atoms with Crippen LogP contribution in [0.3, 0.4) is 0 Å². The Morgan fingerprint density at radius 1 is 0.778 bits per heavy atom. The molecule has 0 spiro atoms. The minimum absolute atomic E-state index is 0. The Labute approximate surface area is 62.0 Å². The summed E-state index contributed by atoms with van der Waals surface area (Å²) in [6, 6.07) is 0. The van der Waals surface area contributed by atoms with Crippen molar-refractivity contribution in [2.24, 2.45) is 0 Å². The van der Waals surface area contributed by atoms with Crippen LogP contribution in [0.25, 0.3) is 0 Å². The zero-order valence-electron chi connectivity index (χ0n) is 3.72. The Morgan fingerprint density at radius 3 is 0.778 bits per heavy atom. The summed E-state index contributed by atoms with van der Waals surface area (Å²) >= 11 is 0. The molecule has 0 saturated carbocycles. The molecule has 1 radical (unpaired) electrons. The smallest absolute Gasteiger partial charge is 0.0689 e. The van der Waals surface area contributed by atoms with E-state index >= 15 is 0 Å².